The van der Waals surface area contributed by atoms with E-state index in [1.165, 1.54) is 4.90 Å². The van der Waals surface area contributed by atoms with Crippen LogP contribution in [0.5, 0.6) is 0 Å². The number of ether oxygens (including phenoxy) is 1. The van der Waals surface area contributed by atoms with E-state index in [2.05, 4.69) is 29.3 Å². The summed E-state index contributed by atoms with van der Waals surface area (Å²) in [6.07, 6.45) is 1.51. The Morgan fingerprint density at radius 3 is 2.38 bits per heavy atom. The Balaban J connectivity index is 1.31. The number of carboxylic acid groups (broad SMARTS) is 1. The molecule has 1 unspecified atom stereocenters. The number of hydrogen-bond donors (Lipinski definition) is 2. The molecule has 2 aromatic rings. The monoisotopic (exact) mass is 460 g/mol. The molecule has 1 heterocycles. The molecule has 1 saturated heterocycles. The predicted octanol–water partition coefficient (Wildman–Crippen LogP) is 3.77. The number of likely N-dealkylation sites (tertiary alicyclic amines) is 1. The lowest BCUT2D eigenvalue weighted by atomic mass is 9.90. The summed E-state index contributed by atoms with van der Waals surface area (Å²) in [4.78, 5) is 38.0. The number of fused-ring (bicyclic) bond motifs is 3. The number of nitrogens with zero attached hydrogens (tertiary/aromatic N) is 1. The fourth-order valence-electron chi connectivity index (χ4n) is 5.13. The summed E-state index contributed by atoms with van der Waals surface area (Å²) in [5, 5.41) is 12.3. The molecule has 1 aliphatic heterocycles. The molecule has 34 heavy (non-hydrogen) atoms. The summed E-state index contributed by atoms with van der Waals surface area (Å²) in [5.74, 6) is 3.55. The number of alkyl carbamates (subject to hydrolysis) is 1. The minimum atomic E-state index is -1.18. The summed E-state index contributed by atoms with van der Waals surface area (Å²) in [7, 11) is 0. The molecule has 4 rings (SSSR count). The molecule has 0 aromatic heterocycles. The van der Waals surface area contributed by atoms with Crippen LogP contribution in [0.1, 0.15) is 49.7 Å². The highest BCUT2D eigenvalue weighted by Crippen LogP contribution is 2.44. The zero-order valence-corrected chi connectivity index (χ0v) is 19.2. The third-order valence-corrected chi connectivity index (χ3v) is 6.66. The molecule has 0 spiro atoms. The molecule has 1 atom stereocenters. The van der Waals surface area contributed by atoms with Crippen LogP contribution in [0.3, 0.4) is 0 Å². The average molecular weight is 461 g/mol. The van der Waals surface area contributed by atoms with Crippen LogP contribution in [0, 0.1) is 11.8 Å². The summed E-state index contributed by atoms with van der Waals surface area (Å²) in [6.45, 7) is 2.40. The fourth-order valence-corrected chi connectivity index (χ4v) is 5.13. The van der Waals surface area contributed by atoms with Gasteiger partial charge in [0.2, 0.25) is 0 Å². The molecular weight excluding hydrogens is 432 g/mol. The largest absolute Gasteiger partial charge is 0.479 e. The van der Waals surface area contributed by atoms with Crippen molar-refractivity contribution >= 4 is 18.0 Å². The lowest BCUT2D eigenvalue weighted by molar-refractivity contribution is -0.155. The number of benzene rings is 2. The Kier molecular flexibility index (Phi) is 6.87. The van der Waals surface area contributed by atoms with Crippen molar-refractivity contribution < 1.29 is 24.2 Å². The SMILES string of the molecule is CCCC1(C(=O)O)CCCN1C(=O)C#CCNC(=O)OCC1c2ccccc2-c2ccccc21. The van der Waals surface area contributed by atoms with E-state index in [1.807, 2.05) is 43.3 Å². The Hall–Kier alpha value is -3.79. The molecule has 2 amide bonds. The molecule has 2 aliphatic rings. The molecule has 1 aliphatic carbocycles. The first-order valence-electron chi connectivity index (χ1n) is 11.6. The van der Waals surface area contributed by atoms with Crippen molar-refractivity contribution in [1.29, 1.82) is 0 Å². The maximum absolute atomic E-state index is 12.6. The minimum Gasteiger partial charge on any atom is -0.479 e. The van der Waals surface area contributed by atoms with E-state index in [-0.39, 0.29) is 19.1 Å². The number of rotatable bonds is 6. The zero-order chi connectivity index (χ0) is 24.1. The number of carbonyl (C=O) groups is 3. The van der Waals surface area contributed by atoms with Gasteiger partial charge < -0.3 is 20.1 Å². The molecule has 2 N–H and O–H groups in total. The molecule has 1 fully saturated rings. The highest BCUT2D eigenvalue weighted by molar-refractivity contribution is 5.98. The first-order valence-corrected chi connectivity index (χ1v) is 11.6. The predicted molar refractivity (Wildman–Crippen MR) is 127 cm³/mol. The number of nitrogens with one attached hydrogen (secondary N) is 1. The van der Waals surface area contributed by atoms with E-state index in [4.69, 9.17) is 4.74 Å². The number of hydrogen-bond acceptors (Lipinski definition) is 4. The van der Waals surface area contributed by atoms with E-state index in [1.54, 1.807) is 0 Å². The first kappa shape index (κ1) is 23.4. The van der Waals surface area contributed by atoms with Crippen molar-refractivity contribution in [2.24, 2.45) is 0 Å². The maximum Gasteiger partial charge on any atom is 0.407 e. The molecule has 0 radical (unpaired) electrons. The second-order valence-electron chi connectivity index (χ2n) is 8.63. The highest BCUT2D eigenvalue weighted by atomic mass is 16.5. The first-order chi connectivity index (χ1) is 16.5. The van der Waals surface area contributed by atoms with E-state index in [0.29, 0.717) is 32.2 Å². The molecule has 0 saturated carbocycles. The van der Waals surface area contributed by atoms with E-state index in [9.17, 15) is 19.5 Å². The standard InChI is InChI=1S/C27H28N2O5/c1-2-14-27(25(31)32)15-8-17-29(27)24(30)13-7-16-28-26(33)34-18-23-21-11-5-3-9-19(21)20-10-4-6-12-22(20)23/h3-6,9-12,23H,2,8,14-18H2,1H3,(H,28,33)(H,31,32). The van der Waals surface area contributed by atoms with Crippen molar-refractivity contribution in [1.82, 2.24) is 10.2 Å². The van der Waals surface area contributed by atoms with Crippen molar-refractivity contribution in [2.75, 3.05) is 19.7 Å². The number of aliphatic carboxylic acids is 1. The molecule has 7 heteroatoms. The van der Waals surface area contributed by atoms with Gasteiger partial charge in [0.1, 0.15) is 12.1 Å². The van der Waals surface area contributed by atoms with Crippen molar-refractivity contribution in [3.05, 3.63) is 59.7 Å². The molecular formula is C27H28N2O5. The molecule has 0 bridgehead atoms. The van der Waals surface area contributed by atoms with Crippen LogP contribution >= 0.6 is 0 Å². The van der Waals surface area contributed by atoms with Gasteiger partial charge >= 0.3 is 12.1 Å². The van der Waals surface area contributed by atoms with Crippen LogP contribution in [-0.2, 0) is 14.3 Å². The van der Waals surface area contributed by atoms with Crippen molar-refractivity contribution in [3.8, 4) is 23.0 Å². The smallest absolute Gasteiger partial charge is 0.407 e. The van der Waals surface area contributed by atoms with Crippen LogP contribution in [0.15, 0.2) is 48.5 Å². The quantitative estimate of drug-likeness (QED) is 0.640. The Morgan fingerprint density at radius 1 is 1.12 bits per heavy atom. The van der Waals surface area contributed by atoms with Gasteiger partial charge in [-0.05, 0) is 47.4 Å². The Bertz CT molecular complexity index is 1120. The van der Waals surface area contributed by atoms with Gasteiger partial charge in [-0.25, -0.2) is 9.59 Å². The summed E-state index contributed by atoms with van der Waals surface area (Å²) < 4.78 is 5.45. The van der Waals surface area contributed by atoms with Crippen molar-refractivity contribution in [3.63, 3.8) is 0 Å². The number of carbonyl (C=O) groups excluding carboxylic acids is 2. The Morgan fingerprint density at radius 2 is 1.76 bits per heavy atom. The van der Waals surface area contributed by atoms with Gasteiger partial charge in [0.25, 0.3) is 5.91 Å². The second-order valence-corrected chi connectivity index (χ2v) is 8.63. The van der Waals surface area contributed by atoms with Gasteiger partial charge in [0.05, 0.1) is 6.54 Å². The molecule has 7 nitrogen and oxygen atoms in total. The van der Waals surface area contributed by atoms with Gasteiger partial charge in [0, 0.05) is 12.5 Å². The maximum atomic E-state index is 12.6. The van der Waals surface area contributed by atoms with E-state index < -0.39 is 23.5 Å². The van der Waals surface area contributed by atoms with Crippen LogP contribution in [-0.4, -0.2) is 53.2 Å². The van der Waals surface area contributed by atoms with Gasteiger partial charge in [0.15, 0.2) is 0 Å². The topological polar surface area (TPSA) is 95.9 Å². The molecule has 2 aromatic carbocycles. The van der Waals surface area contributed by atoms with Crippen LogP contribution < -0.4 is 5.32 Å². The van der Waals surface area contributed by atoms with Crippen LogP contribution in [0.4, 0.5) is 4.79 Å². The van der Waals surface area contributed by atoms with E-state index in [0.717, 1.165) is 22.3 Å². The average Bonchev–Trinajstić information content (AvgIpc) is 3.41. The second kappa shape index (κ2) is 10.0. The lowest BCUT2D eigenvalue weighted by Crippen LogP contribution is -2.52. The fraction of sp³-hybridized carbons (Fsp3) is 0.370. The normalized spacial score (nSPS) is 18.4. The summed E-state index contributed by atoms with van der Waals surface area (Å²) >= 11 is 0. The minimum absolute atomic E-state index is 0.0383. The number of amides is 2. The van der Waals surface area contributed by atoms with Crippen molar-refractivity contribution in [2.45, 2.75) is 44.1 Å². The molecule has 176 valence electrons. The third kappa shape index (κ3) is 4.36. The van der Waals surface area contributed by atoms with Gasteiger partial charge in [-0.2, -0.15) is 0 Å². The van der Waals surface area contributed by atoms with Crippen LogP contribution in [0.25, 0.3) is 11.1 Å². The van der Waals surface area contributed by atoms with Crippen LogP contribution in [0.2, 0.25) is 0 Å². The third-order valence-electron chi connectivity index (χ3n) is 6.66. The van der Waals surface area contributed by atoms with Gasteiger partial charge in [-0.15, -0.1) is 0 Å². The van der Waals surface area contributed by atoms with E-state index >= 15 is 0 Å². The van der Waals surface area contributed by atoms with Gasteiger partial charge in [-0.1, -0.05) is 67.8 Å². The Labute approximate surface area is 199 Å². The lowest BCUT2D eigenvalue weighted by Gasteiger charge is -2.33. The van der Waals surface area contributed by atoms with Gasteiger partial charge in [-0.3, -0.25) is 4.79 Å². The highest BCUT2D eigenvalue weighted by Gasteiger charge is 2.48. The summed E-state index contributed by atoms with van der Waals surface area (Å²) in [6, 6.07) is 16.2. The zero-order valence-electron chi connectivity index (χ0n) is 19.2. The number of carboxylic acids is 1. The summed E-state index contributed by atoms with van der Waals surface area (Å²) in [5.41, 5.74) is 3.38.